The fourth-order valence-electron chi connectivity index (χ4n) is 0.540. The monoisotopic (exact) mass is 128 g/mol. The van der Waals surface area contributed by atoms with Crippen molar-refractivity contribution in [3.63, 3.8) is 0 Å². The zero-order chi connectivity index (χ0) is 6.69. The predicted octanol–water partition coefficient (Wildman–Crippen LogP) is 0.373. The molecule has 1 heterocycles. The lowest BCUT2D eigenvalue weighted by Gasteiger charge is -1.90. The molecule has 0 saturated heterocycles. The molecule has 50 valence electrons. The summed E-state index contributed by atoms with van der Waals surface area (Å²) < 4.78 is 4.89. The van der Waals surface area contributed by atoms with Gasteiger partial charge in [0.25, 0.3) is 0 Å². The lowest BCUT2D eigenvalue weighted by molar-refractivity contribution is 0.108. The van der Waals surface area contributed by atoms with E-state index in [1.165, 1.54) is 6.39 Å². The average molecular weight is 128 g/mol. The third-order valence-corrected chi connectivity index (χ3v) is 1.06. The first-order valence-corrected chi connectivity index (χ1v) is 2.55. The van der Waals surface area contributed by atoms with Crippen molar-refractivity contribution in [2.75, 3.05) is 0 Å². The van der Waals surface area contributed by atoms with Gasteiger partial charge in [0.2, 0.25) is 0 Å². The minimum Gasteiger partial charge on any atom is -0.446 e. The van der Waals surface area contributed by atoms with Crippen LogP contribution in [0.1, 0.15) is 11.5 Å². The first kappa shape index (κ1) is 6.25. The fourth-order valence-corrected chi connectivity index (χ4v) is 0.540. The Kier molecular flexibility index (Phi) is 1.81. The number of aromatic nitrogens is 1. The van der Waals surface area contributed by atoms with Gasteiger partial charge in [0.15, 0.2) is 12.2 Å². The quantitative estimate of drug-likeness (QED) is 0.584. The van der Waals surface area contributed by atoms with Gasteiger partial charge in [-0.05, 0) is 6.92 Å². The number of nitrogens with two attached hydrogens (primary N) is 1. The van der Waals surface area contributed by atoms with E-state index < -0.39 is 0 Å². The lowest BCUT2D eigenvalue weighted by Crippen LogP contribution is -1.98. The van der Waals surface area contributed by atoms with Crippen LogP contribution in [0.3, 0.4) is 0 Å². The Hall–Kier alpha value is -0.870. The van der Waals surface area contributed by atoms with E-state index in [-0.39, 0.29) is 6.61 Å². The topological polar surface area (TPSA) is 61.3 Å². The zero-order valence-corrected chi connectivity index (χ0v) is 5.13. The molecule has 0 bridgehead atoms. The molecule has 0 saturated carbocycles. The number of nitrogens with zero attached hydrogens (tertiary/aromatic N) is 1. The molecule has 0 spiro atoms. The van der Waals surface area contributed by atoms with Crippen molar-refractivity contribution < 1.29 is 9.25 Å². The van der Waals surface area contributed by atoms with E-state index in [0.717, 1.165) is 5.69 Å². The summed E-state index contributed by atoms with van der Waals surface area (Å²) in [6.07, 6.45) is 1.36. The molecule has 1 rings (SSSR count). The van der Waals surface area contributed by atoms with Crippen molar-refractivity contribution in [2.45, 2.75) is 13.5 Å². The second kappa shape index (κ2) is 2.61. The first-order chi connectivity index (χ1) is 4.34. The molecule has 0 aliphatic carbocycles. The molecule has 0 aliphatic rings. The Bertz CT molecular complexity index is 185. The Balaban J connectivity index is 2.69. The van der Waals surface area contributed by atoms with Crippen LogP contribution in [-0.2, 0) is 11.4 Å². The van der Waals surface area contributed by atoms with E-state index in [9.17, 15) is 0 Å². The van der Waals surface area contributed by atoms with E-state index in [4.69, 9.17) is 10.3 Å². The molecule has 1 aromatic rings. The summed E-state index contributed by atoms with van der Waals surface area (Å²) >= 11 is 0. The molecular weight excluding hydrogens is 120 g/mol. The van der Waals surface area contributed by atoms with Gasteiger partial charge in [0, 0.05) is 0 Å². The second-order valence-corrected chi connectivity index (χ2v) is 1.67. The van der Waals surface area contributed by atoms with Crippen LogP contribution in [0, 0.1) is 6.92 Å². The van der Waals surface area contributed by atoms with Crippen molar-refractivity contribution in [2.24, 2.45) is 5.90 Å². The Morgan fingerprint density at radius 3 is 3.11 bits per heavy atom. The van der Waals surface area contributed by atoms with E-state index >= 15 is 0 Å². The minimum atomic E-state index is 0.284. The zero-order valence-electron chi connectivity index (χ0n) is 5.13. The number of hydrogen-bond acceptors (Lipinski definition) is 4. The summed E-state index contributed by atoms with van der Waals surface area (Å²) in [4.78, 5) is 8.17. The molecule has 0 amide bonds. The van der Waals surface area contributed by atoms with E-state index in [0.29, 0.717) is 5.76 Å². The van der Waals surface area contributed by atoms with E-state index in [1.807, 2.05) is 6.92 Å². The van der Waals surface area contributed by atoms with Gasteiger partial charge in [0.1, 0.15) is 6.61 Å². The highest BCUT2D eigenvalue weighted by Gasteiger charge is 2.00. The molecule has 0 unspecified atom stereocenters. The highest BCUT2D eigenvalue weighted by Crippen LogP contribution is 2.04. The lowest BCUT2D eigenvalue weighted by atomic mass is 10.4. The SMILES string of the molecule is Cc1ncoc1CON. The molecular formula is C5H8N2O2. The van der Waals surface area contributed by atoms with Crippen LogP contribution in [0.4, 0.5) is 0 Å². The van der Waals surface area contributed by atoms with Crippen molar-refractivity contribution in [1.29, 1.82) is 0 Å². The van der Waals surface area contributed by atoms with Gasteiger partial charge in [-0.2, -0.15) is 0 Å². The predicted molar refractivity (Wildman–Crippen MR) is 30.2 cm³/mol. The van der Waals surface area contributed by atoms with Gasteiger partial charge in [-0.1, -0.05) is 0 Å². The maximum Gasteiger partial charge on any atom is 0.181 e. The maximum atomic E-state index is 4.89. The molecule has 0 atom stereocenters. The Labute approximate surface area is 52.6 Å². The van der Waals surface area contributed by atoms with Crippen LogP contribution in [-0.4, -0.2) is 4.98 Å². The first-order valence-electron chi connectivity index (χ1n) is 2.55. The van der Waals surface area contributed by atoms with Gasteiger partial charge in [0.05, 0.1) is 5.69 Å². The van der Waals surface area contributed by atoms with Crippen molar-refractivity contribution >= 4 is 0 Å². The summed E-state index contributed by atoms with van der Waals surface area (Å²) in [5, 5.41) is 0. The highest BCUT2D eigenvalue weighted by molar-refractivity contribution is 5.02. The van der Waals surface area contributed by atoms with Crippen molar-refractivity contribution in [1.82, 2.24) is 4.98 Å². The van der Waals surface area contributed by atoms with Crippen LogP contribution in [0.2, 0.25) is 0 Å². The average Bonchev–Trinajstić information content (AvgIpc) is 2.18. The Morgan fingerprint density at radius 1 is 1.89 bits per heavy atom. The largest absolute Gasteiger partial charge is 0.446 e. The van der Waals surface area contributed by atoms with Crippen LogP contribution >= 0.6 is 0 Å². The second-order valence-electron chi connectivity index (χ2n) is 1.67. The number of hydrogen-bond donors (Lipinski definition) is 1. The smallest absolute Gasteiger partial charge is 0.181 e. The summed E-state index contributed by atoms with van der Waals surface area (Å²) in [6, 6.07) is 0. The van der Waals surface area contributed by atoms with Gasteiger partial charge >= 0.3 is 0 Å². The molecule has 4 heteroatoms. The van der Waals surface area contributed by atoms with Crippen molar-refractivity contribution in [3.05, 3.63) is 17.8 Å². The molecule has 0 aliphatic heterocycles. The van der Waals surface area contributed by atoms with Crippen LogP contribution in [0.15, 0.2) is 10.8 Å². The summed E-state index contributed by atoms with van der Waals surface area (Å²) in [7, 11) is 0. The number of aryl methyl sites for hydroxylation is 1. The molecule has 2 N–H and O–H groups in total. The molecule has 1 aromatic heterocycles. The Morgan fingerprint density at radius 2 is 2.67 bits per heavy atom. The fraction of sp³-hybridized carbons (Fsp3) is 0.400. The summed E-state index contributed by atoms with van der Waals surface area (Å²) in [5.41, 5.74) is 0.820. The third kappa shape index (κ3) is 1.28. The van der Waals surface area contributed by atoms with E-state index in [2.05, 4.69) is 9.82 Å². The van der Waals surface area contributed by atoms with Crippen LogP contribution < -0.4 is 5.90 Å². The highest BCUT2D eigenvalue weighted by atomic mass is 16.6. The van der Waals surface area contributed by atoms with E-state index in [1.54, 1.807) is 0 Å². The minimum absolute atomic E-state index is 0.284. The van der Waals surface area contributed by atoms with Crippen LogP contribution in [0.25, 0.3) is 0 Å². The maximum absolute atomic E-state index is 4.89. The molecule has 0 fully saturated rings. The number of rotatable bonds is 2. The molecule has 0 aromatic carbocycles. The standard InChI is InChI=1S/C5H8N2O2/c1-4-5(2-9-6)8-3-7-4/h3H,2,6H2,1H3. The summed E-state index contributed by atoms with van der Waals surface area (Å²) in [6.45, 7) is 2.11. The number of oxazole rings is 1. The van der Waals surface area contributed by atoms with Crippen molar-refractivity contribution in [3.8, 4) is 0 Å². The summed E-state index contributed by atoms with van der Waals surface area (Å²) in [5.74, 6) is 5.48. The molecule has 9 heavy (non-hydrogen) atoms. The van der Waals surface area contributed by atoms with Gasteiger partial charge in [-0.3, -0.25) is 4.84 Å². The molecule has 0 radical (unpaired) electrons. The van der Waals surface area contributed by atoms with Gasteiger partial charge in [-0.15, -0.1) is 0 Å². The normalized spacial score (nSPS) is 10.0. The van der Waals surface area contributed by atoms with Gasteiger partial charge < -0.3 is 4.42 Å². The third-order valence-electron chi connectivity index (χ3n) is 1.06. The molecule has 4 nitrogen and oxygen atoms in total. The van der Waals surface area contributed by atoms with Crippen LogP contribution in [0.5, 0.6) is 0 Å². The van der Waals surface area contributed by atoms with Gasteiger partial charge in [-0.25, -0.2) is 10.9 Å².